The Kier molecular flexibility index (Phi) is 5.13. The molecule has 2 unspecified atom stereocenters. The third-order valence-corrected chi connectivity index (χ3v) is 5.09. The topological polar surface area (TPSA) is 7.68 Å². The molecule has 3 heteroatoms. The molecule has 1 saturated carbocycles. The van der Waals surface area contributed by atoms with Crippen molar-refractivity contribution in [3.63, 3.8) is 0 Å². The van der Waals surface area contributed by atoms with Crippen LogP contribution in [0.25, 0.3) is 0 Å². The average molecular weight is 260 g/mol. The minimum Gasteiger partial charge on any atom is -0.335 e. The lowest BCUT2D eigenvalue weighted by Crippen LogP contribution is -3.14. The SMILES string of the molecule is CN(C)C1CC[NH+](CC2CCCC(Cl)C2)CC1. The Labute approximate surface area is 111 Å². The second kappa shape index (κ2) is 6.40. The predicted molar refractivity (Wildman–Crippen MR) is 73.9 cm³/mol. The van der Waals surface area contributed by atoms with Crippen molar-refractivity contribution in [2.24, 2.45) is 5.92 Å². The van der Waals surface area contributed by atoms with E-state index in [-0.39, 0.29) is 0 Å². The lowest BCUT2D eigenvalue weighted by atomic mass is 9.88. The Morgan fingerprint density at radius 2 is 1.82 bits per heavy atom. The van der Waals surface area contributed by atoms with E-state index in [1.807, 2.05) is 4.90 Å². The van der Waals surface area contributed by atoms with Gasteiger partial charge in [-0.1, -0.05) is 6.42 Å². The van der Waals surface area contributed by atoms with E-state index in [0.29, 0.717) is 5.38 Å². The van der Waals surface area contributed by atoms with Gasteiger partial charge in [0.25, 0.3) is 0 Å². The Bertz CT molecular complexity index is 224. The molecule has 0 radical (unpaired) electrons. The average Bonchev–Trinajstić information content (AvgIpc) is 2.29. The van der Waals surface area contributed by atoms with Crippen LogP contribution in [0.1, 0.15) is 38.5 Å². The number of piperidine rings is 1. The first kappa shape index (κ1) is 13.6. The van der Waals surface area contributed by atoms with E-state index in [1.54, 1.807) is 0 Å². The Morgan fingerprint density at radius 1 is 1.12 bits per heavy atom. The van der Waals surface area contributed by atoms with E-state index < -0.39 is 0 Å². The first-order valence-corrected chi connectivity index (χ1v) is 7.73. The molecule has 0 spiro atoms. The summed E-state index contributed by atoms with van der Waals surface area (Å²) in [6.45, 7) is 4.11. The van der Waals surface area contributed by atoms with Gasteiger partial charge in [0.05, 0.1) is 19.6 Å². The number of hydrogen-bond donors (Lipinski definition) is 1. The van der Waals surface area contributed by atoms with E-state index in [4.69, 9.17) is 11.6 Å². The van der Waals surface area contributed by atoms with E-state index in [0.717, 1.165) is 12.0 Å². The zero-order chi connectivity index (χ0) is 12.3. The molecule has 2 atom stereocenters. The molecule has 1 N–H and O–H groups in total. The molecule has 2 rings (SSSR count). The lowest BCUT2D eigenvalue weighted by Gasteiger charge is -2.35. The van der Waals surface area contributed by atoms with Gasteiger partial charge in [0, 0.05) is 30.2 Å². The minimum atomic E-state index is 0.465. The highest BCUT2D eigenvalue weighted by Gasteiger charge is 2.28. The maximum atomic E-state index is 6.28. The number of nitrogens with one attached hydrogen (secondary N) is 1. The van der Waals surface area contributed by atoms with Crippen molar-refractivity contribution in [1.82, 2.24) is 4.90 Å². The summed E-state index contributed by atoms with van der Waals surface area (Å²) in [6.07, 6.45) is 8.03. The van der Waals surface area contributed by atoms with Crippen LogP contribution in [0.4, 0.5) is 0 Å². The normalized spacial score (nSPS) is 39.5. The van der Waals surface area contributed by atoms with Gasteiger partial charge in [-0.2, -0.15) is 0 Å². The van der Waals surface area contributed by atoms with Crippen molar-refractivity contribution in [1.29, 1.82) is 0 Å². The van der Waals surface area contributed by atoms with Crippen LogP contribution in [0, 0.1) is 5.92 Å². The van der Waals surface area contributed by atoms with Crippen LogP contribution in [0.15, 0.2) is 0 Å². The molecule has 0 aromatic rings. The third kappa shape index (κ3) is 4.11. The fourth-order valence-corrected chi connectivity index (χ4v) is 3.96. The van der Waals surface area contributed by atoms with Crippen molar-refractivity contribution in [2.75, 3.05) is 33.7 Å². The molecule has 2 nitrogen and oxygen atoms in total. The highest BCUT2D eigenvalue weighted by Crippen LogP contribution is 2.26. The maximum absolute atomic E-state index is 6.28. The standard InChI is InChI=1S/C14H27ClN2/c1-16(2)14-6-8-17(9-7-14)11-12-4-3-5-13(15)10-12/h12-14H,3-11H2,1-2H3/p+1. The number of nitrogens with zero attached hydrogens (tertiary/aromatic N) is 1. The summed E-state index contributed by atoms with van der Waals surface area (Å²) in [4.78, 5) is 4.23. The lowest BCUT2D eigenvalue weighted by molar-refractivity contribution is -0.909. The number of rotatable bonds is 3. The zero-order valence-corrected chi connectivity index (χ0v) is 12.2. The van der Waals surface area contributed by atoms with Crippen LogP contribution in [-0.2, 0) is 0 Å². The molecule has 1 aliphatic heterocycles. The van der Waals surface area contributed by atoms with E-state index in [1.165, 1.54) is 58.2 Å². The summed E-state index contributed by atoms with van der Waals surface area (Å²) in [6, 6.07) is 0.825. The molecule has 100 valence electrons. The molecule has 2 aliphatic rings. The minimum absolute atomic E-state index is 0.465. The molecule has 1 aliphatic carbocycles. The fraction of sp³-hybridized carbons (Fsp3) is 1.00. The second-order valence-electron chi connectivity index (χ2n) is 6.28. The van der Waals surface area contributed by atoms with Crippen molar-refractivity contribution in [3.8, 4) is 0 Å². The second-order valence-corrected chi connectivity index (χ2v) is 6.90. The zero-order valence-electron chi connectivity index (χ0n) is 11.4. The summed E-state index contributed by atoms with van der Waals surface area (Å²) >= 11 is 6.28. The molecule has 17 heavy (non-hydrogen) atoms. The van der Waals surface area contributed by atoms with Gasteiger partial charge in [-0.3, -0.25) is 0 Å². The molecule has 0 amide bonds. The largest absolute Gasteiger partial charge is 0.335 e. The van der Waals surface area contributed by atoms with Crippen molar-refractivity contribution in [2.45, 2.75) is 49.9 Å². The molecule has 1 saturated heterocycles. The number of likely N-dealkylation sites (tertiary alicyclic amines) is 1. The number of quaternary nitrogens is 1. The first-order chi connectivity index (χ1) is 8.15. The Balaban J connectivity index is 1.70. The summed E-state index contributed by atoms with van der Waals surface area (Å²) < 4.78 is 0. The molecule has 2 fully saturated rings. The highest BCUT2D eigenvalue weighted by atomic mass is 35.5. The number of halogens is 1. The maximum Gasteiger partial charge on any atom is 0.0800 e. The van der Waals surface area contributed by atoms with Crippen LogP contribution >= 0.6 is 11.6 Å². The van der Waals surface area contributed by atoms with Gasteiger partial charge in [0.1, 0.15) is 0 Å². The monoisotopic (exact) mass is 259 g/mol. The smallest absolute Gasteiger partial charge is 0.0800 e. The summed E-state index contributed by atoms with van der Waals surface area (Å²) in [5.41, 5.74) is 0. The van der Waals surface area contributed by atoms with Crippen molar-refractivity contribution < 1.29 is 4.90 Å². The van der Waals surface area contributed by atoms with Crippen LogP contribution in [0.2, 0.25) is 0 Å². The van der Waals surface area contributed by atoms with Gasteiger partial charge in [-0.05, 0) is 33.4 Å². The highest BCUT2D eigenvalue weighted by molar-refractivity contribution is 6.20. The summed E-state index contributed by atoms with van der Waals surface area (Å²) in [5.74, 6) is 0.900. The quantitative estimate of drug-likeness (QED) is 0.753. The molecule has 1 heterocycles. The number of hydrogen-bond acceptors (Lipinski definition) is 1. The van der Waals surface area contributed by atoms with E-state index in [9.17, 15) is 0 Å². The van der Waals surface area contributed by atoms with Crippen molar-refractivity contribution in [3.05, 3.63) is 0 Å². The van der Waals surface area contributed by atoms with Crippen LogP contribution in [0.3, 0.4) is 0 Å². The van der Waals surface area contributed by atoms with Gasteiger partial charge < -0.3 is 9.80 Å². The third-order valence-electron chi connectivity index (χ3n) is 4.69. The van der Waals surface area contributed by atoms with E-state index in [2.05, 4.69) is 19.0 Å². The molecule has 0 bridgehead atoms. The van der Waals surface area contributed by atoms with Gasteiger partial charge in [-0.25, -0.2) is 0 Å². The van der Waals surface area contributed by atoms with Gasteiger partial charge in [0.15, 0.2) is 0 Å². The van der Waals surface area contributed by atoms with Crippen LogP contribution < -0.4 is 4.90 Å². The first-order valence-electron chi connectivity index (χ1n) is 7.29. The summed E-state index contributed by atoms with van der Waals surface area (Å²) in [7, 11) is 4.43. The summed E-state index contributed by atoms with van der Waals surface area (Å²) in [5, 5.41) is 0.465. The van der Waals surface area contributed by atoms with Crippen molar-refractivity contribution >= 4 is 11.6 Å². The van der Waals surface area contributed by atoms with Gasteiger partial charge in [0.2, 0.25) is 0 Å². The molecular formula is C14H28ClN2+. The van der Waals surface area contributed by atoms with Crippen LogP contribution in [0.5, 0.6) is 0 Å². The number of alkyl halides is 1. The van der Waals surface area contributed by atoms with Crippen LogP contribution in [-0.4, -0.2) is 50.0 Å². The predicted octanol–water partition coefficient (Wildman–Crippen LogP) is 1.39. The molecular weight excluding hydrogens is 232 g/mol. The Hall–Kier alpha value is 0.210. The van der Waals surface area contributed by atoms with Gasteiger partial charge in [-0.15, -0.1) is 11.6 Å². The van der Waals surface area contributed by atoms with E-state index >= 15 is 0 Å². The fourth-order valence-electron chi connectivity index (χ4n) is 3.55. The van der Waals surface area contributed by atoms with Gasteiger partial charge >= 0.3 is 0 Å². The Morgan fingerprint density at radius 3 is 2.41 bits per heavy atom. The molecule has 0 aromatic heterocycles. The molecule has 0 aromatic carbocycles.